The number of thioether (sulfide) groups is 1. The van der Waals surface area contributed by atoms with Crippen LogP contribution >= 0.6 is 11.8 Å². The Morgan fingerprint density at radius 3 is 2.04 bits per heavy atom. The van der Waals surface area contributed by atoms with Gasteiger partial charge in [0.15, 0.2) is 0 Å². The molecule has 0 bridgehead atoms. The van der Waals surface area contributed by atoms with Gasteiger partial charge in [-0.2, -0.15) is 4.31 Å². The van der Waals surface area contributed by atoms with Crippen LogP contribution in [0.2, 0.25) is 0 Å². The Bertz CT molecular complexity index is 768. The summed E-state index contributed by atoms with van der Waals surface area (Å²) in [6.07, 6.45) is 2.02. The monoisotopic (exact) mass is 364 g/mol. The Morgan fingerprint density at radius 2 is 1.50 bits per heavy atom. The maximum atomic E-state index is 12.6. The number of rotatable bonds is 5. The van der Waals surface area contributed by atoms with Gasteiger partial charge in [0.05, 0.1) is 4.90 Å². The predicted octanol–water partition coefficient (Wildman–Crippen LogP) is 2.79. The molecule has 3 rings (SSSR count). The molecule has 1 N–H and O–H groups in total. The molecule has 1 aliphatic rings. The largest absolute Gasteiger partial charge is 0.457 e. The number of piperazine rings is 1. The molecule has 1 fully saturated rings. The van der Waals surface area contributed by atoms with Gasteiger partial charge < -0.3 is 10.1 Å². The smallest absolute Gasteiger partial charge is 0.243 e. The van der Waals surface area contributed by atoms with Crippen LogP contribution in [0.25, 0.3) is 0 Å². The first kappa shape index (κ1) is 17.3. The van der Waals surface area contributed by atoms with Crippen molar-refractivity contribution in [2.75, 3.05) is 32.4 Å². The van der Waals surface area contributed by atoms with Gasteiger partial charge >= 0.3 is 0 Å². The topological polar surface area (TPSA) is 58.6 Å². The SMILES string of the molecule is CSc1ccc(Oc2ccc(S(=O)(=O)N3CCNCC3)cc2)cc1. The number of hydrogen-bond donors (Lipinski definition) is 1. The summed E-state index contributed by atoms with van der Waals surface area (Å²) in [5.41, 5.74) is 0. The van der Waals surface area contributed by atoms with Gasteiger partial charge in [-0.05, 0) is 54.8 Å². The highest BCUT2D eigenvalue weighted by Crippen LogP contribution is 2.26. The van der Waals surface area contributed by atoms with E-state index in [4.69, 9.17) is 4.74 Å². The van der Waals surface area contributed by atoms with E-state index in [2.05, 4.69) is 5.32 Å². The highest BCUT2D eigenvalue weighted by atomic mass is 32.2. The highest BCUT2D eigenvalue weighted by Gasteiger charge is 2.25. The lowest BCUT2D eigenvalue weighted by atomic mass is 10.3. The van der Waals surface area contributed by atoms with Crippen molar-refractivity contribution in [1.82, 2.24) is 9.62 Å². The average Bonchev–Trinajstić information content (AvgIpc) is 2.63. The van der Waals surface area contributed by atoms with Crippen LogP contribution in [0, 0.1) is 0 Å². The first-order valence-corrected chi connectivity index (χ1v) is 10.4. The van der Waals surface area contributed by atoms with Crippen LogP contribution in [0.3, 0.4) is 0 Å². The van der Waals surface area contributed by atoms with Gasteiger partial charge in [0, 0.05) is 31.1 Å². The maximum absolute atomic E-state index is 12.6. The van der Waals surface area contributed by atoms with Crippen molar-refractivity contribution in [3.8, 4) is 11.5 Å². The molecule has 0 radical (unpaired) electrons. The minimum atomic E-state index is -3.43. The molecule has 2 aromatic carbocycles. The maximum Gasteiger partial charge on any atom is 0.243 e. The van der Waals surface area contributed by atoms with Crippen LogP contribution in [0.4, 0.5) is 0 Å². The van der Waals surface area contributed by atoms with Gasteiger partial charge in [-0.3, -0.25) is 0 Å². The fourth-order valence-electron chi connectivity index (χ4n) is 2.49. The summed E-state index contributed by atoms with van der Waals surface area (Å²) in [5, 5.41) is 3.16. The van der Waals surface area contributed by atoms with Crippen molar-refractivity contribution >= 4 is 21.8 Å². The van der Waals surface area contributed by atoms with Crippen molar-refractivity contribution in [1.29, 1.82) is 0 Å². The first-order valence-electron chi connectivity index (χ1n) is 7.72. The summed E-state index contributed by atoms with van der Waals surface area (Å²) in [4.78, 5) is 1.47. The fraction of sp³-hybridized carbons (Fsp3) is 0.294. The molecule has 0 atom stereocenters. The van der Waals surface area contributed by atoms with Gasteiger partial charge in [-0.15, -0.1) is 11.8 Å². The third-order valence-electron chi connectivity index (χ3n) is 3.83. The molecule has 0 amide bonds. The normalized spacial score (nSPS) is 16.0. The van der Waals surface area contributed by atoms with Crippen molar-refractivity contribution in [3.63, 3.8) is 0 Å². The minimum Gasteiger partial charge on any atom is -0.457 e. The van der Waals surface area contributed by atoms with E-state index in [-0.39, 0.29) is 0 Å². The lowest BCUT2D eigenvalue weighted by Gasteiger charge is -2.26. The lowest BCUT2D eigenvalue weighted by Crippen LogP contribution is -2.46. The summed E-state index contributed by atoms with van der Waals surface area (Å²) in [6.45, 7) is 2.38. The summed E-state index contributed by atoms with van der Waals surface area (Å²) in [6, 6.07) is 14.4. The number of sulfonamides is 1. The molecule has 0 saturated carbocycles. The molecular formula is C17H20N2O3S2. The second-order valence-corrected chi connectivity index (χ2v) is 8.22. The van der Waals surface area contributed by atoms with Crippen LogP contribution < -0.4 is 10.1 Å². The Hall–Kier alpha value is -1.54. The number of nitrogens with one attached hydrogen (secondary N) is 1. The third kappa shape index (κ3) is 3.92. The molecule has 0 aliphatic carbocycles. The summed E-state index contributed by atoms with van der Waals surface area (Å²) < 4.78 is 32.4. The van der Waals surface area contributed by atoms with Gasteiger partial charge in [0.25, 0.3) is 0 Å². The molecular weight excluding hydrogens is 344 g/mol. The molecule has 0 unspecified atom stereocenters. The van der Waals surface area contributed by atoms with E-state index in [1.807, 2.05) is 30.5 Å². The van der Waals surface area contributed by atoms with E-state index in [0.717, 1.165) is 5.75 Å². The minimum absolute atomic E-state index is 0.300. The summed E-state index contributed by atoms with van der Waals surface area (Å²) in [7, 11) is -3.43. The number of nitrogens with zero attached hydrogens (tertiary/aromatic N) is 1. The van der Waals surface area contributed by atoms with Crippen LogP contribution in [0.1, 0.15) is 0 Å². The summed E-state index contributed by atoms with van der Waals surface area (Å²) in [5.74, 6) is 1.34. The van der Waals surface area contributed by atoms with Crippen LogP contribution in [0.5, 0.6) is 11.5 Å². The molecule has 24 heavy (non-hydrogen) atoms. The number of hydrogen-bond acceptors (Lipinski definition) is 5. The van der Waals surface area contributed by atoms with Crippen molar-refractivity contribution in [3.05, 3.63) is 48.5 Å². The molecule has 1 aliphatic heterocycles. The molecule has 0 spiro atoms. The zero-order valence-electron chi connectivity index (χ0n) is 13.4. The second-order valence-electron chi connectivity index (χ2n) is 5.40. The second kappa shape index (κ2) is 7.57. The van der Waals surface area contributed by atoms with E-state index < -0.39 is 10.0 Å². The number of ether oxygens (including phenoxy) is 1. The van der Waals surface area contributed by atoms with Crippen molar-refractivity contribution in [2.45, 2.75) is 9.79 Å². The van der Waals surface area contributed by atoms with E-state index in [0.29, 0.717) is 36.8 Å². The van der Waals surface area contributed by atoms with E-state index >= 15 is 0 Å². The standard InChI is InChI=1S/C17H20N2O3S2/c1-23-16-6-2-14(3-7-16)22-15-4-8-17(9-5-15)24(20,21)19-12-10-18-11-13-19/h2-9,18H,10-13H2,1H3. The van der Waals surface area contributed by atoms with Crippen molar-refractivity contribution < 1.29 is 13.2 Å². The fourth-order valence-corrected chi connectivity index (χ4v) is 4.34. The van der Waals surface area contributed by atoms with Crippen LogP contribution in [-0.4, -0.2) is 45.2 Å². The highest BCUT2D eigenvalue weighted by molar-refractivity contribution is 7.98. The summed E-state index contributed by atoms with van der Waals surface area (Å²) >= 11 is 1.67. The average molecular weight is 364 g/mol. The Kier molecular flexibility index (Phi) is 5.45. The van der Waals surface area contributed by atoms with Crippen molar-refractivity contribution in [2.24, 2.45) is 0 Å². The number of benzene rings is 2. The lowest BCUT2D eigenvalue weighted by molar-refractivity contribution is 0.360. The zero-order valence-corrected chi connectivity index (χ0v) is 15.1. The third-order valence-corrected chi connectivity index (χ3v) is 6.49. The van der Waals surface area contributed by atoms with E-state index in [1.54, 1.807) is 36.0 Å². The van der Waals surface area contributed by atoms with Gasteiger partial charge in [-0.25, -0.2) is 8.42 Å². The Labute approximate surface area is 147 Å². The molecule has 1 heterocycles. The van der Waals surface area contributed by atoms with Crippen LogP contribution in [0.15, 0.2) is 58.3 Å². The van der Waals surface area contributed by atoms with Gasteiger partial charge in [0.2, 0.25) is 10.0 Å². The Balaban J connectivity index is 1.72. The Morgan fingerprint density at radius 1 is 0.958 bits per heavy atom. The van der Waals surface area contributed by atoms with Gasteiger partial charge in [-0.1, -0.05) is 0 Å². The zero-order chi connectivity index (χ0) is 17.0. The molecule has 128 valence electrons. The predicted molar refractivity (Wildman–Crippen MR) is 96.4 cm³/mol. The molecule has 2 aromatic rings. The van der Waals surface area contributed by atoms with E-state index in [9.17, 15) is 8.42 Å². The molecule has 7 heteroatoms. The van der Waals surface area contributed by atoms with Crippen LogP contribution in [-0.2, 0) is 10.0 Å². The molecule has 1 saturated heterocycles. The quantitative estimate of drug-likeness (QED) is 0.827. The molecule has 0 aromatic heterocycles. The van der Waals surface area contributed by atoms with Gasteiger partial charge in [0.1, 0.15) is 11.5 Å². The first-order chi connectivity index (χ1) is 11.6. The molecule has 5 nitrogen and oxygen atoms in total. The van der Waals surface area contributed by atoms with E-state index in [1.165, 1.54) is 9.20 Å².